The molecule has 19 heavy (non-hydrogen) atoms. The van der Waals surface area contributed by atoms with Crippen molar-refractivity contribution < 1.29 is 4.79 Å². The van der Waals surface area contributed by atoms with Gasteiger partial charge in [0.05, 0.1) is 5.02 Å². The van der Waals surface area contributed by atoms with Crippen LogP contribution in [0.3, 0.4) is 0 Å². The smallest absolute Gasteiger partial charge is 0.320 e. The molecule has 0 spiro atoms. The maximum absolute atomic E-state index is 11.7. The van der Waals surface area contributed by atoms with Crippen molar-refractivity contribution in [2.75, 3.05) is 5.32 Å². The molecule has 2 amide bonds. The molecule has 0 aliphatic heterocycles. The fraction of sp³-hybridized carbons (Fsp3) is 0.0769. The molecule has 2 N–H and O–H groups in total. The predicted molar refractivity (Wildman–Crippen MR) is 79.2 cm³/mol. The van der Waals surface area contributed by atoms with Crippen molar-refractivity contribution in [2.45, 2.75) is 6.54 Å². The number of carbonyl (C=O) groups is 1. The zero-order valence-corrected chi connectivity index (χ0v) is 12.2. The Kier molecular flexibility index (Phi) is 4.76. The van der Waals surface area contributed by atoms with E-state index in [2.05, 4.69) is 31.5 Å². The van der Waals surface area contributed by atoms with Gasteiger partial charge < -0.3 is 5.32 Å². The number of anilines is 1. The van der Waals surface area contributed by atoms with Crippen LogP contribution >= 0.6 is 27.5 Å². The Labute approximate surface area is 124 Å². The lowest BCUT2D eigenvalue weighted by Crippen LogP contribution is -2.28. The number of pyridine rings is 1. The number of nitrogens with zero attached hydrogens (tertiary/aromatic N) is 1. The van der Waals surface area contributed by atoms with Gasteiger partial charge in [-0.05, 0) is 23.8 Å². The van der Waals surface area contributed by atoms with E-state index in [1.54, 1.807) is 12.1 Å². The summed E-state index contributed by atoms with van der Waals surface area (Å²) in [7, 11) is 0. The van der Waals surface area contributed by atoms with E-state index >= 15 is 0 Å². The molecule has 0 bridgehead atoms. The first-order valence-corrected chi connectivity index (χ1v) is 6.72. The molecule has 0 radical (unpaired) electrons. The van der Waals surface area contributed by atoms with Gasteiger partial charge in [-0.2, -0.15) is 0 Å². The largest absolute Gasteiger partial charge is 0.334 e. The Morgan fingerprint density at radius 3 is 2.74 bits per heavy atom. The Balaban J connectivity index is 1.88. The second kappa shape index (κ2) is 6.54. The number of benzene rings is 1. The first-order valence-electron chi connectivity index (χ1n) is 5.55. The van der Waals surface area contributed by atoms with E-state index in [-0.39, 0.29) is 6.03 Å². The predicted octanol–water partition coefficient (Wildman–Crippen LogP) is 3.82. The van der Waals surface area contributed by atoms with E-state index in [1.807, 2.05) is 24.3 Å². The topological polar surface area (TPSA) is 54.0 Å². The summed E-state index contributed by atoms with van der Waals surface area (Å²) < 4.78 is 0.958. The molecule has 1 heterocycles. The Morgan fingerprint density at radius 2 is 2.05 bits per heavy atom. The van der Waals surface area contributed by atoms with Gasteiger partial charge in [-0.1, -0.05) is 45.7 Å². The lowest BCUT2D eigenvalue weighted by molar-refractivity contribution is 0.251. The zero-order chi connectivity index (χ0) is 13.7. The van der Waals surface area contributed by atoms with E-state index in [4.69, 9.17) is 11.6 Å². The molecule has 0 atom stereocenters. The number of urea groups is 1. The molecule has 1 aromatic carbocycles. The van der Waals surface area contributed by atoms with Crippen molar-refractivity contribution in [3.8, 4) is 0 Å². The van der Waals surface area contributed by atoms with Gasteiger partial charge in [0, 0.05) is 17.2 Å². The summed E-state index contributed by atoms with van der Waals surface area (Å²) in [6.45, 7) is 0.431. The van der Waals surface area contributed by atoms with Gasteiger partial charge in [0.15, 0.2) is 0 Å². The molecule has 2 aromatic rings. The molecule has 0 saturated carbocycles. The maximum Gasteiger partial charge on any atom is 0.320 e. The molecule has 6 heteroatoms. The van der Waals surface area contributed by atoms with Gasteiger partial charge in [0.1, 0.15) is 5.82 Å². The van der Waals surface area contributed by atoms with E-state index in [0.717, 1.165) is 10.0 Å². The van der Waals surface area contributed by atoms with E-state index in [0.29, 0.717) is 17.4 Å². The molecule has 0 fully saturated rings. The summed E-state index contributed by atoms with van der Waals surface area (Å²) in [4.78, 5) is 15.6. The molecule has 0 saturated heterocycles. The first kappa shape index (κ1) is 13.8. The normalized spacial score (nSPS) is 10.0. The van der Waals surface area contributed by atoms with Crippen LogP contribution in [0.5, 0.6) is 0 Å². The highest BCUT2D eigenvalue weighted by molar-refractivity contribution is 9.10. The number of amides is 2. The minimum Gasteiger partial charge on any atom is -0.334 e. The van der Waals surface area contributed by atoms with Crippen LogP contribution < -0.4 is 10.6 Å². The molecule has 0 aliphatic carbocycles. The fourth-order valence-electron chi connectivity index (χ4n) is 1.43. The number of hydrogen-bond donors (Lipinski definition) is 2. The highest BCUT2D eigenvalue weighted by Crippen LogP contribution is 2.15. The molecule has 1 aromatic heterocycles. The van der Waals surface area contributed by atoms with E-state index in [9.17, 15) is 4.79 Å². The quantitative estimate of drug-likeness (QED) is 0.892. The van der Waals surface area contributed by atoms with Crippen molar-refractivity contribution in [1.82, 2.24) is 10.3 Å². The van der Waals surface area contributed by atoms with Gasteiger partial charge in [0.2, 0.25) is 0 Å². The minimum absolute atomic E-state index is 0.314. The summed E-state index contributed by atoms with van der Waals surface area (Å²) in [6.07, 6.45) is 1.48. The van der Waals surface area contributed by atoms with Gasteiger partial charge in [0.25, 0.3) is 0 Å². The Bertz CT molecular complexity index is 574. The summed E-state index contributed by atoms with van der Waals surface area (Å²) in [6, 6.07) is 10.7. The second-order valence-electron chi connectivity index (χ2n) is 3.76. The molecule has 98 valence electrons. The average Bonchev–Trinajstić information content (AvgIpc) is 2.40. The second-order valence-corrected chi connectivity index (χ2v) is 5.05. The van der Waals surface area contributed by atoms with Gasteiger partial charge in [-0.25, -0.2) is 9.78 Å². The molecular weight excluding hydrogens is 330 g/mol. The van der Waals surface area contributed by atoms with Gasteiger partial charge >= 0.3 is 6.03 Å². The Morgan fingerprint density at radius 1 is 1.26 bits per heavy atom. The first-order chi connectivity index (χ1) is 9.15. The fourth-order valence-corrected chi connectivity index (χ4v) is 1.96. The lowest BCUT2D eigenvalue weighted by atomic mass is 10.2. The molecule has 4 nitrogen and oxygen atoms in total. The van der Waals surface area contributed by atoms with Gasteiger partial charge in [-0.3, -0.25) is 5.32 Å². The highest BCUT2D eigenvalue weighted by atomic mass is 79.9. The SMILES string of the molecule is O=C(NCc1ccccc1Br)Nc1ccc(Cl)cn1. The number of hydrogen-bond acceptors (Lipinski definition) is 2. The van der Waals surface area contributed by atoms with Crippen LogP contribution in [-0.2, 0) is 6.54 Å². The monoisotopic (exact) mass is 339 g/mol. The van der Waals surface area contributed by atoms with Crippen LogP contribution in [0.15, 0.2) is 47.1 Å². The molecular formula is C13H11BrClN3O. The van der Waals surface area contributed by atoms with Crippen molar-refractivity contribution in [3.63, 3.8) is 0 Å². The van der Waals surface area contributed by atoms with E-state index in [1.165, 1.54) is 6.20 Å². The van der Waals surface area contributed by atoms with Crippen LogP contribution in [0.4, 0.5) is 10.6 Å². The minimum atomic E-state index is -0.314. The maximum atomic E-state index is 11.7. The number of halogens is 2. The molecule has 0 aliphatic rings. The number of aromatic nitrogens is 1. The van der Waals surface area contributed by atoms with Crippen LogP contribution in [0.25, 0.3) is 0 Å². The zero-order valence-electron chi connectivity index (χ0n) is 9.86. The number of rotatable bonds is 3. The number of nitrogens with one attached hydrogen (secondary N) is 2. The van der Waals surface area contributed by atoms with Crippen LogP contribution in [-0.4, -0.2) is 11.0 Å². The summed E-state index contributed by atoms with van der Waals surface area (Å²) >= 11 is 9.13. The summed E-state index contributed by atoms with van der Waals surface area (Å²) in [5.74, 6) is 0.453. The van der Waals surface area contributed by atoms with Crippen molar-refractivity contribution in [3.05, 3.63) is 57.7 Å². The third-order valence-corrected chi connectivity index (χ3v) is 3.36. The van der Waals surface area contributed by atoms with E-state index < -0.39 is 0 Å². The molecule has 0 unspecified atom stereocenters. The third-order valence-electron chi connectivity index (χ3n) is 2.37. The summed E-state index contributed by atoms with van der Waals surface area (Å²) in [5.41, 5.74) is 1.00. The highest BCUT2D eigenvalue weighted by Gasteiger charge is 2.04. The number of carbonyl (C=O) groups excluding carboxylic acids is 1. The standard InChI is InChI=1S/C13H11BrClN3O/c14-11-4-2-1-3-9(11)7-17-13(19)18-12-6-5-10(15)8-16-12/h1-6,8H,7H2,(H2,16,17,18,19). The third kappa shape index (κ3) is 4.22. The molecule has 2 rings (SSSR count). The van der Waals surface area contributed by atoms with Crippen molar-refractivity contribution in [2.24, 2.45) is 0 Å². The van der Waals surface area contributed by atoms with Gasteiger partial charge in [-0.15, -0.1) is 0 Å². The average molecular weight is 341 g/mol. The van der Waals surface area contributed by atoms with Crippen LogP contribution in [0.2, 0.25) is 5.02 Å². The van der Waals surface area contributed by atoms with Crippen LogP contribution in [0.1, 0.15) is 5.56 Å². The van der Waals surface area contributed by atoms with Crippen LogP contribution in [0, 0.1) is 0 Å². The van der Waals surface area contributed by atoms with Crippen molar-refractivity contribution >= 4 is 39.4 Å². The summed E-state index contributed by atoms with van der Waals surface area (Å²) in [5, 5.41) is 5.90. The van der Waals surface area contributed by atoms with Crippen molar-refractivity contribution in [1.29, 1.82) is 0 Å². The Hall–Kier alpha value is -1.59. The lowest BCUT2D eigenvalue weighted by Gasteiger charge is -2.08.